The number of carbonyl (C=O) groups excluding carboxylic acids is 1. The third kappa shape index (κ3) is 2.75. The highest BCUT2D eigenvalue weighted by atomic mass is 16.5. The topological polar surface area (TPSA) is 38.3 Å². The maximum absolute atomic E-state index is 11.4. The number of ether oxygens (including phenoxy) is 1. The summed E-state index contributed by atoms with van der Waals surface area (Å²) in [5.41, 5.74) is 3.41. The molecule has 1 amide bonds. The molecule has 0 saturated heterocycles. The first kappa shape index (κ1) is 12.6. The van der Waals surface area contributed by atoms with E-state index in [2.05, 4.69) is 11.4 Å². The number of carbonyl (C=O) groups is 1. The SMILES string of the molecule is CNC(=O)[C@@H](C)Oc1cc(C)cc(C)c1C. The van der Waals surface area contributed by atoms with Crippen LogP contribution < -0.4 is 10.1 Å². The van der Waals surface area contributed by atoms with E-state index in [-0.39, 0.29) is 5.91 Å². The lowest BCUT2D eigenvalue weighted by Gasteiger charge is -2.16. The Labute approximate surface area is 96.8 Å². The zero-order valence-electron chi connectivity index (χ0n) is 10.5. The molecule has 0 aliphatic rings. The number of likely N-dealkylation sites (N-methyl/N-ethyl adjacent to an activating group) is 1. The molecule has 0 spiro atoms. The van der Waals surface area contributed by atoms with Crippen LogP contribution in [0, 0.1) is 20.8 Å². The first-order valence-electron chi connectivity index (χ1n) is 5.41. The maximum Gasteiger partial charge on any atom is 0.260 e. The number of hydrogen-bond acceptors (Lipinski definition) is 2. The summed E-state index contributed by atoms with van der Waals surface area (Å²) in [6.45, 7) is 7.81. The zero-order chi connectivity index (χ0) is 12.3. The standard InChI is InChI=1S/C13H19NO2/c1-8-6-9(2)10(3)12(7-8)16-11(4)13(15)14-5/h6-7,11H,1-5H3,(H,14,15)/t11-/m1/s1. The van der Waals surface area contributed by atoms with E-state index in [1.54, 1.807) is 14.0 Å². The van der Waals surface area contributed by atoms with Crippen LogP contribution in [-0.2, 0) is 4.79 Å². The van der Waals surface area contributed by atoms with Crippen molar-refractivity contribution < 1.29 is 9.53 Å². The van der Waals surface area contributed by atoms with Gasteiger partial charge in [0.2, 0.25) is 0 Å². The molecular weight excluding hydrogens is 202 g/mol. The van der Waals surface area contributed by atoms with Gasteiger partial charge in [0.1, 0.15) is 5.75 Å². The maximum atomic E-state index is 11.4. The van der Waals surface area contributed by atoms with Gasteiger partial charge in [0.05, 0.1) is 0 Å². The number of hydrogen-bond donors (Lipinski definition) is 1. The van der Waals surface area contributed by atoms with Gasteiger partial charge in [0.15, 0.2) is 6.10 Å². The molecule has 1 N–H and O–H groups in total. The molecule has 1 atom stereocenters. The van der Waals surface area contributed by atoms with Crippen LogP contribution in [0.1, 0.15) is 23.6 Å². The van der Waals surface area contributed by atoms with Gasteiger partial charge in [0, 0.05) is 7.05 Å². The minimum Gasteiger partial charge on any atom is -0.481 e. The molecule has 0 aromatic heterocycles. The summed E-state index contributed by atoms with van der Waals surface area (Å²) in [4.78, 5) is 11.4. The second-order valence-electron chi connectivity index (χ2n) is 4.08. The monoisotopic (exact) mass is 221 g/mol. The summed E-state index contributed by atoms with van der Waals surface area (Å²) < 4.78 is 5.65. The first-order chi connectivity index (χ1) is 7.45. The number of benzene rings is 1. The molecule has 0 fully saturated rings. The lowest BCUT2D eigenvalue weighted by Crippen LogP contribution is -2.33. The molecular formula is C13H19NO2. The Kier molecular flexibility index (Phi) is 3.93. The van der Waals surface area contributed by atoms with Crippen molar-refractivity contribution in [2.45, 2.75) is 33.8 Å². The Bertz CT molecular complexity index is 399. The molecule has 88 valence electrons. The number of nitrogens with one attached hydrogen (secondary N) is 1. The molecule has 0 heterocycles. The van der Waals surface area contributed by atoms with Crippen molar-refractivity contribution in [3.05, 3.63) is 28.8 Å². The van der Waals surface area contributed by atoms with Crippen LogP contribution in [0.4, 0.5) is 0 Å². The average Bonchev–Trinajstić information content (AvgIpc) is 2.23. The molecule has 3 heteroatoms. The Morgan fingerprint density at radius 1 is 1.31 bits per heavy atom. The van der Waals surface area contributed by atoms with E-state index in [9.17, 15) is 4.79 Å². The highest BCUT2D eigenvalue weighted by Crippen LogP contribution is 2.24. The van der Waals surface area contributed by atoms with E-state index < -0.39 is 6.10 Å². The van der Waals surface area contributed by atoms with E-state index >= 15 is 0 Å². The Morgan fingerprint density at radius 2 is 1.94 bits per heavy atom. The highest BCUT2D eigenvalue weighted by Gasteiger charge is 2.14. The quantitative estimate of drug-likeness (QED) is 0.849. The number of aryl methyl sites for hydroxylation is 2. The Morgan fingerprint density at radius 3 is 2.50 bits per heavy atom. The molecule has 1 rings (SSSR count). The first-order valence-corrected chi connectivity index (χ1v) is 5.41. The fraction of sp³-hybridized carbons (Fsp3) is 0.462. The minimum absolute atomic E-state index is 0.112. The van der Waals surface area contributed by atoms with E-state index in [0.717, 1.165) is 16.9 Å². The predicted molar refractivity (Wildman–Crippen MR) is 64.8 cm³/mol. The summed E-state index contributed by atoms with van der Waals surface area (Å²) in [6, 6.07) is 4.06. The van der Waals surface area contributed by atoms with Crippen molar-refractivity contribution in [3.8, 4) is 5.75 Å². The third-order valence-electron chi connectivity index (χ3n) is 2.68. The van der Waals surface area contributed by atoms with Crippen LogP contribution in [-0.4, -0.2) is 19.1 Å². The van der Waals surface area contributed by atoms with Crippen molar-refractivity contribution in [2.24, 2.45) is 0 Å². The predicted octanol–water partition coefficient (Wildman–Crippen LogP) is 2.13. The van der Waals surface area contributed by atoms with E-state index in [4.69, 9.17) is 4.74 Å². The van der Waals surface area contributed by atoms with Crippen molar-refractivity contribution in [1.82, 2.24) is 5.32 Å². The molecule has 0 saturated carbocycles. The molecule has 1 aromatic rings. The van der Waals surface area contributed by atoms with Crippen molar-refractivity contribution in [2.75, 3.05) is 7.05 Å². The summed E-state index contributed by atoms with van der Waals surface area (Å²) in [6.07, 6.45) is -0.468. The van der Waals surface area contributed by atoms with Crippen molar-refractivity contribution >= 4 is 5.91 Å². The largest absolute Gasteiger partial charge is 0.481 e. The van der Waals surface area contributed by atoms with E-state index in [1.807, 2.05) is 26.8 Å². The fourth-order valence-electron chi connectivity index (χ4n) is 1.57. The van der Waals surface area contributed by atoms with Crippen molar-refractivity contribution in [3.63, 3.8) is 0 Å². The van der Waals surface area contributed by atoms with Gasteiger partial charge in [-0.25, -0.2) is 0 Å². The van der Waals surface area contributed by atoms with Crippen molar-refractivity contribution in [1.29, 1.82) is 0 Å². The smallest absolute Gasteiger partial charge is 0.260 e. The van der Waals surface area contributed by atoms with Gasteiger partial charge in [-0.05, 0) is 50.5 Å². The van der Waals surface area contributed by atoms with Crippen LogP contribution in [0.2, 0.25) is 0 Å². The van der Waals surface area contributed by atoms with Crippen LogP contribution in [0.5, 0.6) is 5.75 Å². The molecule has 0 unspecified atom stereocenters. The third-order valence-corrected chi connectivity index (χ3v) is 2.68. The second-order valence-corrected chi connectivity index (χ2v) is 4.08. The number of rotatable bonds is 3. The van der Waals surface area contributed by atoms with Gasteiger partial charge < -0.3 is 10.1 Å². The second kappa shape index (κ2) is 5.01. The number of amides is 1. The van der Waals surface area contributed by atoms with E-state index in [0.29, 0.717) is 0 Å². The molecule has 3 nitrogen and oxygen atoms in total. The van der Waals surface area contributed by atoms with Crippen LogP contribution in [0.15, 0.2) is 12.1 Å². The molecule has 0 bridgehead atoms. The molecule has 0 radical (unpaired) electrons. The van der Waals surface area contributed by atoms with E-state index in [1.165, 1.54) is 5.56 Å². The van der Waals surface area contributed by atoms with Gasteiger partial charge in [-0.15, -0.1) is 0 Å². The highest BCUT2D eigenvalue weighted by molar-refractivity contribution is 5.80. The lowest BCUT2D eigenvalue weighted by atomic mass is 10.1. The average molecular weight is 221 g/mol. The Hall–Kier alpha value is -1.51. The van der Waals surface area contributed by atoms with Crippen LogP contribution >= 0.6 is 0 Å². The molecule has 16 heavy (non-hydrogen) atoms. The van der Waals surface area contributed by atoms with Crippen LogP contribution in [0.3, 0.4) is 0 Å². The summed E-state index contributed by atoms with van der Waals surface area (Å²) >= 11 is 0. The zero-order valence-corrected chi connectivity index (χ0v) is 10.5. The summed E-state index contributed by atoms with van der Waals surface area (Å²) in [5, 5.41) is 2.57. The summed E-state index contributed by atoms with van der Waals surface area (Å²) in [5.74, 6) is 0.673. The van der Waals surface area contributed by atoms with Gasteiger partial charge in [0.25, 0.3) is 5.91 Å². The molecule has 1 aromatic carbocycles. The van der Waals surface area contributed by atoms with Gasteiger partial charge >= 0.3 is 0 Å². The van der Waals surface area contributed by atoms with Gasteiger partial charge in [-0.2, -0.15) is 0 Å². The fourth-order valence-corrected chi connectivity index (χ4v) is 1.57. The Balaban J connectivity index is 2.93. The summed E-state index contributed by atoms with van der Waals surface area (Å²) in [7, 11) is 1.61. The molecule has 0 aliphatic carbocycles. The van der Waals surface area contributed by atoms with Crippen LogP contribution in [0.25, 0.3) is 0 Å². The van der Waals surface area contributed by atoms with Gasteiger partial charge in [-0.1, -0.05) is 6.07 Å². The molecule has 0 aliphatic heterocycles. The van der Waals surface area contributed by atoms with Gasteiger partial charge in [-0.3, -0.25) is 4.79 Å². The minimum atomic E-state index is -0.468. The lowest BCUT2D eigenvalue weighted by molar-refractivity contribution is -0.126. The normalized spacial score (nSPS) is 12.1.